The number of fused-ring (bicyclic) bond motifs is 1. The molecule has 3 heterocycles. The van der Waals surface area contributed by atoms with E-state index in [-0.39, 0.29) is 16.8 Å². The lowest BCUT2D eigenvalue weighted by Gasteiger charge is -2.34. The third kappa shape index (κ3) is 3.39. The van der Waals surface area contributed by atoms with Crippen molar-refractivity contribution in [1.29, 1.82) is 0 Å². The maximum absolute atomic E-state index is 13.2. The lowest BCUT2D eigenvalue weighted by molar-refractivity contribution is 0.0678. The number of hydrogen-bond donors (Lipinski definition) is 0. The van der Waals surface area contributed by atoms with E-state index < -0.39 is 10.0 Å². The number of morpholine rings is 1. The van der Waals surface area contributed by atoms with Gasteiger partial charge in [-0.25, -0.2) is 8.42 Å². The summed E-state index contributed by atoms with van der Waals surface area (Å²) in [7, 11) is -3.65. The smallest absolute Gasteiger partial charge is 0.254 e. The van der Waals surface area contributed by atoms with Crippen LogP contribution in [0.3, 0.4) is 0 Å². The first-order valence-corrected chi connectivity index (χ1v) is 11.8. The van der Waals surface area contributed by atoms with Crippen molar-refractivity contribution in [2.45, 2.75) is 31.2 Å². The number of thiophene rings is 1. The molecule has 0 spiro atoms. The molecule has 28 heavy (non-hydrogen) atoms. The SMILES string of the molecule is Cc1ccc(C(=O)N2CCc3sccc3[C@H]2C)cc1S(=O)(=O)N1CCOCC1. The lowest BCUT2D eigenvalue weighted by atomic mass is 10.00. The van der Waals surface area contributed by atoms with Gasteiger partial charge in [0.1, 0.15) is 0 Å². The normalized spacial score (nSPS) is 20.8. The number of sulfonamides is 1. The summed E-state index contributed by atoms with van der Waals surface area (Å²) in [6.07, 6.45) is 0.841. The van der Waals surface area contributed by atoms with Gasteiger partial charge in [0.25, 0.3) is 5.91 Å². The summed E-state index contributed by atoms with van der Waals surface area (Å²) in [5.74, 6) is -0.122. The van der Waals surface area contributed by atoms with Crippen LogP contribution >= 0.6 is 11.3 Å². The van der Waals surface area contributed by atoms with Crippen LogP contribution in [0.2, 0.25) is 0 Å². The Balaban J connectivity index is 1.64. The molecule has 0 saturated carbocycles. The molecule has 2 aliphatic rings. The second-order valence-electron chi connectivity index (χ2n) is 7.22. The van der Waals surface area contributed by atoms with Gasteiger partial charge in [-0.15, -0.1) is 11.3 Å². The van der Waals surface area contributed by atoms with Gasteiger partial charge in [-0.05, 0) is 55.0 Å². The highest BCUT2D eigenvalue weighted by atomic mass is 32.2. The average Bonchev–Trinajstić information content (AvgIpc) is 3.18. The summed E-state index contributed by atoms with van der Waals surface area (Å²) in [6.45, 7) is 5.91. The summed E-state index contributed by atoms with van der Waals surface area (Å²) in [4.78, 5) is 16.6. The number of nitrogens with zero attached hydrogens (tertiary/aromatic N) is 2. The Bertz CT molecular complexity index is 993. The first-order valence-electron chi connectivity index (χ1n) is 9.45. The van der Waals surface area contributed by atoms with Crippen molar-refractivity contribution in [3.05, 3.63) is 51.2 Å². The van der Waals surface area contributed by atoms with E-state index in [2.05, 4.69) is 11.4 Å². The molecule has 0 N–H and O–H groups in total. The minimum absolute atomic E-state index is 0.0110. The number of amides is 1. The van der Waals surface area contributed by atoms with E-state index in [0.29, 0.717) is 44.0 Å². The molecule has 1 amide bonds. The van der Waals surface area contributed by atoms with Gasteiger partial charge >= 0.3 is 0 Å². The van der Waals surface area contributed by atoms with E-state index >= 15 is 0 Å². The fraction of sp³-hybridized carbons (Fsp3) is 0.450. The fourth-order valence-corrected chi connectivity index (χ4v) is 6.51. The van der Waals surface area contributed by atoms with E-state index in [0.717, 1.165) is 6.42 Å². The maximum atomic E-state index is 13.2. The molecule has 150 valence electrons. The highest BCUT2D eigenvalue weighted by molar-refractivity contribution is 7.89. The van der Waals surface area contributed by atoms with Gasteiger partial charge in [-0.3, -0.25) is 4.79 Å². The first-order chi connectivity index (χ1) is 13.4. The zero-order valence-corrected chi connectivity index (χ0v) is 17.7. The monoisotopic (exact) mass is 420 g/mol. The van der Waals surface area contributed by atoms with Gasteiger partial charge in [0.05, 0.1) is 24.2 Å². The van der Waals surface area contributed by atoms with Gasteiger partial charge in [-0.2, -0.15) is 4.31 Å². The van der Waals surface area contributed by atoms with Crippen molar-refractivity contribution in [1.82, 2.24) is 9.21 Å². The largest absolute Gasteiger partial charge is 0.379 e. The zero-order valence-electron chi connectivity index (χ0n) is 16.1. The molecule has 4 rings (SSSR count). The summed E-state index contributed by atoms with van der Waals surface area (Å²) in [6, 6.07) is 7.06. The molecule has 0 unspecified atom stereocenters. The summed E-state index contributed by atoms with van der Waals surface area (Å²) in [5, 5.41) is 2.06. The Labute approximate surface area is 169 Å². The minimum Gasteiger partial charge on any atom is -0.379 e. The predicted molar refractivity (Wildman–Crippen MR) is 108 cm³/mol. The molecule has 1 fully saturated rings. The van der Waals surface area contributed by atoms with Gasteiger partial charge < -0.3 is 9.64 Å². The predicted octanol–water partition coefficient (Wildman–Crippen LogP) is 2.84. The van der Waals surface area contributed by atoms with Crippen LogP contribution in [0.5, 0.6) is 0 Å². The topological polar surface area (TPSA) is 66.9 Å². The molecule has 2 aliphatic heterocycles. The van der Waals surface area contributed by atoms with E-state index in [1.165, 1.54) is 20.8 Å². The van der Waals surface area contributed by atoms with Gasteiger partial charge in [0.15, 0.2) is 0 Å². The molecule has 1 saturated heterocycles. The first kappa shape index (κ1) is 19.6. The third-order valence-corrected chi connectivity index (χ3v) is 8.60. The zero-order chi connectivity index (χ0) is 19.9. The van der Waals surface area contributed by atoms with Crippen molar-refractivity contribution in [3.8, 4) is 0 Å². The molecule has 1 atom stereocenters. The minimum atomic E-state index is -3.65. The summed E-state index contributed by atoms with van der Waals surface area (Å²) >= 11 is 1.73. The van der Waals surface area contributed by atoms with Crippen LogP contribution in [-0.2, 0) is 21.2 Å². The number of rotatable bonds is 3. The highest BCUT2D eigenvalue weighted by Crippen LogP contribution is 2.34. The van der Waals surface area contributed by atoms with Crippen molar-refractivity contribution < 1.29 is 17.9 Å². The Morgan fingerprint density at radius 2 is 1.93 bits per heavy atom. The molecule has 8 heteroatoms. The van der Waals surface area contributed by atoms with Crippen LogP contribution in [0, 0.1) is 6.92 Å². The van der Waals surface area contributed by atoms with Crippen LogP contribution in [-0.4, -0.2) is 56.4 Å². The van der Waals surface area contributed by atoms with Crippen molar-refractivity contribution in [3.63, 3.8) is 0 Å². The van der Waals surface area contributed by atoms with Crippen LogP contribution in [0.15, 0.2) is 34.5 Å². The Morgan fingerprint density at radius 1 is 1.18 bits per heavy atom. The number of carbonyl (C=O) groups excluding carboxylic acids is 1. The number of benzene rings is 1. The maximum Gasteiger partial charge on any atom is 0.254 e. The molecule has 0 radical (unpaired) electrons. The van der Waals surface area contributed by atoms with Crippen molar-refractivity contribution in [2.24, 2.45) is 0 Å². The summed E-state index contributed by atoms with van der Waals surface area (Å²) in [5.41, 5.74) is 2.26. The van der Waals surface area contributed by atoms with Crippen molar-refractivity contribution >= 4 is 27.3 Å². The second kappa shape index (κ2) is 7.59. The molecule has 0 aliphatic carbocycles. The molecule has 1 aromatic carbocycles. The van der Waals surface area contributed by atoms with Gasteiger partial charge in [0.2, 0.25) is 10.0 Å². The van der Waals surface area contributed by atoms with Gasteiger partial charge in [0, 0.05) is 30.1 Å². The van der Waals surface area contributed by atoms with E-state index in [9.17, 15) is 13.2 Å². The highest BCUT2D eigenvalue weighted by Gasteiger charge is 2.31. The van der Waals surface area contributed by atoms with E-state index in [1.807, 2.05) is 11.8 Å². The van der Waals surface area contributed by atoms with Crippen LogP contribution < -0.4 is 0 Å². The van der Waals surface area contributed by atoms with Crippen LogP contribution in [0.25, 0.3) is 0 Å². The van der Waals surface area contributed by atoms with E-state index in [4.69, 9.17) is 4.74 Å². The molecule has 0 bridgehead atoms. The van der Waals surface area contributed by atoms with Crippen LogP contribution in [0.4, 0.5) is 0 Å². The summed E-state index contributed by atoms with van der Waals surface area (Å²) < 4.78 is 32.9. The lowest BCUT2D eigenvalue weighted by Crippen LogP contribution is -2.41. The number of carbonyl (C=O) groups is 1. The molecular weight excluding hydrogens is 396 g/mol. The van der Waals surface area contributed by atoms with E-state index in [1.54, 1.807) is 30.4 Å². The second-order valence-corrected chi connectivity index (χ2v) is 10.1. The fourth-order valence-electron chi connectivity index (χ4n) is 3.89. The molecular formula is C20H24N2O4S2. The average molecular weight is 421 g/mol. The molecule has 1 aromatic heterocycles. The molecule has 2 aromatic rings. The Morgan fingerprint density at radius 3 is 2.68 bits per heavy atom. The number of ether oxygens (including phenoxy) is 1. The van der Waals surface area contributed by atoms with Gasteiger partial charge in [-0.1, -0.05) is 6.07 Å². The Hall–Kier alpha value is -1.74. The van der Waals surface area contributed by atoms with Crippen LogP contribution in [0.1, 0.15) is 39.3 Å². The standard InChI is InChI=1S/C20H24N2O4S2/c1-14-3-4-16(13-19(14)28(24,25)21-8-10-26-11-9-21)20(23)22-7-5-18-17(15(22)2)6-12-27-18/h3-4,6,12-13,15H,5,7-11H2,1-2H3/t15-/m1/s1. The quantitative estimate of drug-likeness (QED) is 0.766. The number of hydrogen-bond acceptors (Lipinski definition) is 5. The third-order valence-electron chi connectivity index (χ3n) is 5.56. The Kier molecular flexibility index (Phi) is 5.30. The number of aryl methyl sites for hydroxylation is 1. The van der Waals surface area contributed by atoms with Crippen molar-refractivity contribution in [2.75, 3.05) is 32.8 Å². The molecule has 6 nitrogen and oxygen atoms in total.